The number of carboxylic acid groups (broad SMARTS) is 1. The monoisotopic (exact) mass is 624 g/mol. The van der Waals surface area contributed by atoms with Gasteiger partial charge in [-0.25, -0.2) is 9.79 Å². The van der Waals surface area contributed by atoms with Crippen LogP contribution in [0.3, 0.4) is 0 Å². The number of allylic oxidation sites excluding steroid dienone is 4. The van der Waals surface area contributed by atoms with Crippen LogP contribution in [0, 0.1) is 0 Å². The van der Waals surface area contributed by atoms with Crippen LogP contribution in [0.15, 0.2) is 107 Å². The van der Waals surface area contributed by atoms with Crippen molar-refractivity contribution in [3.05, 3.63) is 113 Å². The summed E-state index contributed by atoms with van der Waals surface area (Å²) < 4.78 is 69.9. The molecule has 0 amide bonds. The second-order valence-corrected chi connectivity index (χ2v) is 8.90. The molecule has 1 atom stereocenters. The van der Waals surface area contributed by atoms with Gasteiger partial charge in [0.1, 0.15) is 11.7 Å². The number of benzene rings is 2. The molecule has 2 aromatic carbocycles. The number of aromatic carboxylic acids is 1. The summed E-state index contributed by atoms with van der Waals surface area (Å²) in [5, 5.41) is 18.7. The van der Waals surface area contributed by atoms with Crippen LogP contribution in [0.4, 0.5) is 32.0 Å². The van der Waals surface area contributed by atoms with Gasteiger partial charge in [0.25, 0.3) is 0 Å². The number of nitrogens with zero attached hydrogens (tertiary/aromatic N) is 1. The molecule has 44 heavy (non-hydrogen) atoms. The number of anilines is 1. The molecule has 0 aliphatic carbocycles. The molecule has 1 unspecified atom stereocenters. The predicted octanol–water partition coefficient (Wildman–Crippen LogP) is 8.58. The number of carbonyl (C=O) groups is 1. The fraction of sp³-hybridized carbons (Fsp3) is 0.312. The first-order valence-corrected chi connectivity index (χ1v) is 13.8. The zero-order valence-electron chi connectivity index (χ0n) is 25.0. The number of alkyl halides is 6. The number of para-hydroxylation sites is 1. The van der Waals surface area contributed by atoms with Gasteiger partial charge in [0.15, 0.2) is 0 Å². The number of amidine groups is 1. The molecule has 3 rings (SSSR count). The molecule has 1 heterocycles. The Hall–Kier alpha value is -4.48. The van der Waals surface area contributed by atoms with Crippen molar-refractivity contribution in [1.82, 2.24) is 10.6 Å². The van der Waals surface area contributed by atoms with E-state index in [4.69, 9.17) is 0 Å². The fourth-order valence-electron chi connectivity index (χ4n) is 3.96. The second kappa shape index (κ2) is 18.9. The number of hydrogen-bond acceptors (Lipinski definition) is 5. The van der Waals surface area contributed by atoms with Gasteiger partial charge < -0.3 is 21.1 Å². The molecule has 2 aromatic rings. The van der Waals surface area contributed by atoms with E-state index >= 15 is 0 Å². The molecule has 1 aliphatic heterocycles. The highest BCUT2D eigenvalue weighted by molar-refractivity contribution is 6.02. The Morgan fingerprint density at radius 3 is 2.18 bits per heavy atom. The topological polar surface area (TPSA) is 85.8 Å². The summed E-state index contributed by atoms with van der Waals surface area (Å²) in [6.07, 6.45) is -0.0335. The van der Waals surface area contributed by atoms with Gasteiger partial charge in [-0.2, -0.15) is 26.3 Å². The summed E-state index contributed by atoms with van der Waals surface area (Å²) in [7, 11) is 0. The average molecular weight is 625 g/mol. The van der Waals surface area contributed by atoms with Crippen molar-refractivity contribution in [2.24, 2.45) is 4.99 Å². The third kappa shape index (κ3) is 12.8. The highest BCUT2D eigenvalue weighted by Gasteiger charge is 2.32. The van der Waals surface area contributed by atoms with Crippen LogP contribution in [0.5, 0.6) is 0 Å². The van der Waals surface area contributed by atoms with E-state index < -0.39 is 24.4 Å². The van der Waals surface area contributed by atoms with Gasteiger partial charge in [-0.3, -0.25) is 0 Å². The van der Waals surface area contributed by atoms with Gasteiger partial charge >= 0.3 is 18.8 Å². The third-order valence-electron chi connectivity index (χ3n) is 6.01. The van der Waals surface area contributed by atoms with Crippen molar-refractivity contribution in [2.45, 2.75) is 52.9 Å². The minimum atomic E-state index is -4.58. The maximum absolute atomic E-state index is 13.6. The average Bonchev–Trinajstić information content (AvgIpc) is 2.98. The second-order valence-electron chi connectivity index (χ2n) is 8.90. The highest BCUT2D eigenvalue weighted by Crippen LogP contribution is 2.28. The number of halogens is 6. The molecule has 1 aliphatic rings. The summed E-state index contributed by atoms with van der Waals surface area (Å²) in [5.74, 6) is -0.300. The van der Waals surface area contributed by atoms with Gasteiger partial charge in [-0.1, -0.05) is 75.9 Å². The molecule has 0 fully saturated rings. The Bertz CT molecular complexity index is 1330. The smallest absolute Gasteiger partial charge is 0.416 e. The molecule has 12 heteroatoms. The number of carboxylic acids is 1. The number of aliphatic imine (C=N–C) groups is 1. The molecular formula is C32H38F6N4O2. The van der Waals surface area contributed by atoms with E-state index in [2.05, 4.69) is 46.6 Å². The Kier molecular flexibility index (Phi) is 16.2. The first-order valence-electron chi connectivity index (χ1n) is 13.8. The van der Waals surface area contributed by atoms with Gasteiger partial charge in [-0.05, 0) is 37.1 Å². The van der Waals surface area contributed by atoms with Crippen LogP contribution in [-0.4, -0.2) is 42.9 Å². The molecule has 240 valence electrons. The van der Waals surface area contributed by atoms with E-state index in [0.29, 0.717) is 18.1 Å². The number of nitrogens with one attached hydrogen (secondary N) is 3. The molecule has 6 nitrogen and oxygen atoms in total. The Morgan fingerprint density at radius 1 is 1.05 bits per heavy atom. The zero-order valence-corrected chi connectivity index (χ0v) is 25.0. The van der Waals surface area contributed by atoms with E-state index in [1.807, 2.05) is 32.0 Å². The minimum Gasteiger partial charge on any atom is -0.478 e. The van der Waals surface area contributed by atoms with Gasteiger partial charge in [0.05, 0.1) is 11.1 Å². The van der Waals surface area contributed by atoms with Crippen LogP contribution >= 0.6 is 0 Å². The molecule has 0 saturated heterocycles. The summed E-state index contributed by atoms with van der Waals surface area (Å²) >= 11 is 0. The van der Waals surface area contributed by atoms with Gasteiger partial charge in [0.2, 0.25) is 0 Å². The quantitative estimate of drug-likeness (QED) is 0.149. The summed E-state index contributed by atoms with van der Waals surface area (Å²) in [5.41, 5.74) is 1.23. The largest absolute Gasteiger partial charge is 0.478 e. The Morgan fingerprint density at radius 2 is 1.64 bits per heavy atom. The molecule has 0 saturated carbocycles. The van der Waals surface area contributed by atoms with E-state index in [1.54, 1.807) is 24.3 Å². The maximum atomic E-state index is 13.6. The zero-order chi connectivity index (χ0) is 33.3. The SMILES string of the molecule is C=C1C=C(NCC(CC)c2ccccc2)N=C(/C(=C\C(=C/C)C(F)(F)F)CNc2ccccc2C(=O)O)N1.CC.FC(F)F. The van der Waals surface area contributed by atoms with Crippen molar-refractivity contribution < 1.29 is 36.2 Å². The van der Waals surface area contributed by atoms with Crippen molar-refractivity contribution in [2.75, 3.05) is 18.4 Å². The van der Waals surface area contributed by atoms with Crippen molar-refractivity contribution in [3.8, 4) is 0 Å². The number of rotatable bonds is 11. The van der Waals surface area contributed by atoms with Crippen LogP contribution in [0.1, 0.15) is 56.0 Å². The van der Waals surface area contributed by atoms with E-state index in [9.17, 15) is 36.2 Å². The molecule has 0 bridgehead atoms. The molecule has 0 aromatic heterocycles. The summed E-state index contributed by atoms with van der Waals surface area (Å²) in [6, 6.07) is 16.2. The summed E-state index contributed by atoms with van der Waals surface area (Å²) in [6.45, 7) is 8.11. The molecular weight excluding hydrogens is 586 g/mol. The molecule has 0 radical (unpaired) electrons. The summed E-state index contributed by atoms with van der Waals surface area (Å²) in [4.78, 5) is 16.1. The van der Waals surface area contributed by atoms with E-state index in [1.165, 1.54) is 18.6 Å². The lowest BCUT2D eigenvalue weighted by molar-refractivity contribution is -0.0883. The maximum Gasteiger partial charge on any atom is 0.416 e. The van der Waals surface area contributed by atoms with Crippen molar-refractivity contribution in [1.29, 1.82) is 0 Å². The van der Waals surface area contributed by atoms with Crippen molar-refractivity contribution in [3.63, 3.8) is 0 Å². The van der Waals surface area contributed by atoms with E-state index in [0.717, 1.165) is 18.6 Å². The van der Waals surface area contributed by atoms with Crippen LogP contribution in [-0.2, 0) is 0 Å². The standard InChI is InChI=1S/C29H31F3N4O2.C2H6.CHF3/c1-4-20(21-11-7-6-8-12-21)17-34-26-15-19(3)35-27(36-26)22(16-23(5-2)29(30,31)32)18-33-25-14-10-9-13-24(25)28(37)38;1-2;2-1(3)4/h5-16,20,33-34H,3-4,17-18H2,1-2H3,(H,35,36)(H,37,38);1-2H3;1H/b22-16-,23-5+;;. The minimum absolute atomic E-state index is 0.00523. The normalized spacial score (nSPS) is 14.1. The highest BCUT2D eigenvalue weighted by atomic mass is 19.4. The van der Waals surface area contributed by atoms with E-state index in [-0.39, 0.29) is 35.1 Å². The first-order chi connectivity index (χ1) is 20.8. The number of hydrogen-bond donors (Lipinski definition) is 4. The molecule has 0 spiro atoms. The Balaban J connectivity index is 0.00000149. The fourth-order valence-corrected chi connectivity index (χ4v) is 3.96. The lowest BCUT2D eigenvalue weighted by atomic mass is 9.96. The van der Waals surface area contributed by atoms with Gasteiger partial charge in [0, 0.05) is 42.0 Å². The lowest BCUT2D eigenvalue weighted by Crippen LogP contribution is -2.33. The molecule has 4 N–H and O–H groups in total. The first kappa shape index (κ1) is 37.5. The van der Waals surface area contributed by atoms with Crippen molar-refractivity contribution >= 4 is 17.5 Å². The third-order valence-corrected chi connectivity index (χ3v) is 6.01. The van der Waals surface area contributed by atoms with Crippen LogP contribution < -0.4 is 16.0 Å². The van der Waals surface area contributed by atoms with Gasteiger partial charge in [-0.15, -0.1) is 0 Å². The van der Waals surface area contributed by atoms with Crippen LogP contribution in [0.2, 0.25) is 0 Å². The van der Waals surface area contributed by atoms with Crippen LogP contribution in [0.25, 0.3) is 0 Å². The lowest BCUT2D eigenvalue weighted by Gasteiger charge is -2.23. The Labute approximate surface area is 254 Å². The predicted molar refractivity (Wildman–Crippen MR) is 164 cm³/mol.